The van der Waals surface area contributed by atoms with Crippen LogP contribution >= 0.6 is 0 Å². The summed E-state index contributed by atoms with van der Waals surface area (Å²) in [4.78, 5) is 2.23. The van der Waals surface area contributed by atoms with Gasteiger partial charge in [0, 0.05) is 18.8 Å². The van der Waals surface area contributed by atoms with Gasteiger partial charge in [0.25, 0.3) is 0 Å². The lowest BCUT2D eigenvalue weighted by molar-refractivity contribution is 0.464. The maximum absolute atomic E-state index is 11.8. The van der Waals surface area contributed by atoms with Crippen LogP contribution in [-0.4, -0.2) is 19.8 Å². The van der Waals surface area contributed by atoms with Crippen molar-refractivity contribution in [3.8, 4) is 17.2 Å². The van der Waals surface area contributed by atoms with E-state index in [1.165, 1.54) is 0 Å². The van der Waals surface area contributed by atoms with Gasteiger partial charge in [-0.25, -0.2) is 8.42 Å². The van der Waals surface area contributed by atoms with Crippen molar-refractivity contribution in [3.05, 3.63) is 114 Å². The molecule has 7 heteroatoms. The van der Waals surface area contributed by atoms with E-state index in [2.05, 4.69) is 21.8 Å². The van der Waals surface area contributed by atoms with Crippen LogP contribution in [0.3, 0.4) is 0 Å². The molecule has 0 saturated heterocycles. The molecule has 2 N–H and O–H groups in total. The number of anilines is 2. The highest BCUT2D eigenvalue weighted by molar-refractivity contribution is 7.92. The topological polar surface area (TPSA) is 78.9 Å². The fourth-order valence-corrected chi connectivity index (χ4v) is 4.46. The van der Waals surface area contributed by atoms with Crippen molar-refractivity contribution in [2.75, 3.05) is 15.9 Å². The predicted molar refractivity (Wildman–Crippen MR) is 141 cm³/mol. The van der Waals surface area contributed by atoms with Crippen LogP contribution in [0.5, 0.6) is 17.2 Å². The third-order valence-corrected chi connectivity index (χ3v) is 6.12. The average Bonchev–Trinajstić information content (AvgIpc) is 2.83. The van der Waals surface area contributed by atoms with Crippen molar-refractivity contribution in [2.45, 2.75) is 20.0 Å². The molecular formula is C28H28N2O4S. The lowest BCUT2D eigenvalue weighted by atomic mass is 10.1. The van der Waals surface area contributed by atoms with Crippen LogP contribution in [0.4, 0.5) is 11.4 Å². The fourth-order valence-electron chi connectivity index (χ4n) is 3.84. The number of nitrogens with zero attached hydrogens (tertiary/aromatic N) is 1. The average molecular weight is 489 g/mol. The lowest BCUT2D eigenvalue weighted by Crippen LogP contribution is -2.23. The Balaban J connectivity index is 1.59. The highest BCUT2D eigenvalue weighted by atomic mass is 32.2. The molecular weight excluding hydrogens is 460 g/mol. The lowest BCUT2D eigenvalue weighted by Gasteiger charge is -2.28. The Morgan fingerprint density at radius 2 is 1.34 bits per heavy atom. The molecule has 0 fully saturated rings. The number of aromatic hydroxyl groups is 1. The smallest absolute Gasteiger partial charge is 0.229 e. The van der Waals surface area contributed by atoms with E-state index < -0.39 is 10.0 Å². The van der Waals surface area contributed by atoms with E-state index in [-0.39, 0.29) is 5.75 Å². The third kappa shape index (κ3) is 6.77. The van der Waals surface area contributed by atoms with Gasteiger partial charge in [-0.15, -0.1) is 0 Å². The van der Waals surface area contributed by atoms with E-state index in [1.807, 2.05) is 61.5 Å². The molecule has 4 aromatic rings. The second-order valence-electron chi connectivity index (χ2n) is 8.41. The molecule has 0 aliphatic rings. The predicted octanol–water partition coefficient (Wildman–Crippen LogP) is 6.07. The van der Waals surface area contributed by atoms with Gasteiger partial charge in [0.15, 0.2) is 0 Å². The normalized spacial score (nSPS) is 11.1. The van der Waals surface area contributed by atoms with Crippen molar-refractivity contribution >= 4 is 21.4 Å². The molecule has 0 amide bonds. The molecule has 180 valence electrons. The summed E-state index contributed by atoms with van der Waals surface area (Å²) >= 11 is 0. The second kappa shape index (κ2) is 10.5. The molecule has 0 radical (unpaired) electrons. The maximum Gasteiger partial charge on any atom is 0.229 e. The van der Waals surface area contributed by atoms with Gasteiger partial charge in [0.2, 0.25) is 10.0 Å². The Morgan fingerprint density at radius 1 is 0.771 bits per heavy atom. The second-order valence-corrected chi connectivity index (χ2v) is 10.2. The summed E-state index contributed by atoms with van der Waals surface area (Å²) in [5.74, 6) is 1.54. The van der Waals surface area contributed by atoms with Crippen LogP contribution in [0.25, 0.3) is 0 Å². The first-order chi connectivity index (χ1) is 16.8. The molecule has 0 aromatic heterocycles. The summed E-state index contributed by atoms with van der Waals surface area (Å²) in [5, 5.41) is 9.44. The molecule has 4 aromatic carbocycles. The Hall–Kier alpha value is -3.97. The Kier molecular flexibility index (Phi) is 7.27. The quantitative estimate of drug-likeness (QED) is 0.299. The van der Waals surface area contributed by atoms with Crippen LogP contribution in [0.15, 0.2) is 97.1 Å². The van der Waals surface area contributed by atoms with Gasteiger partial charge >= 0.3 is 0 Å². The van der Waals surface area contributed by atoms with Crippen LogP contribution < -0.4 is 14.4 Å². The van der Waals surface area contributed by atoms with E-state index >= 15 is 0 Å². The monoisotopic (exact) mass is 488 g/mol. The molecule has 6 nitrogen and oxygen atoms in total. The molecule has 0 aliphatic heterocycles. The van der Waals surface area contributed by atoms with Crippen LogP contribution in [0.1, 0.15) is 16.7 Å². The molecule has 0 aliphatic carbocycles. The first-order valence-corrected chi connectivity index (χ1v) is 13.1. The largest absolute Gasteiger partial charge is 0.508 e. The maximum atomic E-state index is 11.8. The van der Waals surface area contributed by atoms with Crippen molar-refractivity contribution in [2.24, 2.45) is 0 Å². The zero-order chi connectivity index (χ0) is 24.8. The number of benzene rings is 4. The Morgan fingerprint density at radius 3 is 1.94 bits per heavy atom. The number of nitrogens with one attached hydrogen (secondary N) is 1. The zero-order valence-electron chi connectivity index (χ0n) is 19.7. The van der Waals surface area contributed by atoms with Gasteiger partial charge in [-0.1, -0.05) is 48.5 Å². The number of rotatable bonds is 9. The molecule has 0 atom stereocenters. The van der Waals surface area contributed by atoms with Crippen molar-refractivity contribution in [1.29, 1.82) is 0 Å². The van der Waals surface area contributed by atoms with E-state index in [9.17, 15) is 13.5 Å². The van der Waals surface area contributed by atoms with Crippen LogP contribution in [0.2, 0.25) is 0 Å². The highest BCUT2D eigenvalue weighted by Crippen LogP contribution is 2.30. The standard InChI is InChI=1S/C28H28N2O4S/c1-21-27(29-35(2,32)33)9-6-10-28(21)30(19-22-7-4-3-5-8-22)20-23-11-15-25(16-12-23)34-26-17-13-24(31)14-18-26/h3-18,29,31H,19-20H2,1-2H3. The Bertz CT molecular complexity index is 1370. The molecule has 0 unspecified atom stereocenters. The number of phenols is 1. The summed E-state index contributed by atoms with van der Waals surface area (Å²) in [6, 6.07) is 30.3. The first-order valence-electron chi connectivity index (χ1n) is 11.2. The van der Waals surface area contributed by atoms with Gasteiger partial charge < -0.3 is 14.7 Å². The van der Waals surface area contributed by atoms with E-state index in [0.29, 0.717) is 30.3 Å². The number of hydrogen-bond acceptors (Lipinski definition) is 5. The fraction of sp³-hybridized carbons (Fsp3) is 0.143. The molecule has 35 heavy (non-hydrogen) atoms. The van der Waals surface area contributed by atoms with Gasteiger partial charge in [-0.05, 0) is 72.1 Å². The van der Waals surface area contributed by atoms with Gasteiger partial charge in [0.05, 0.1) is 11.9 Å². The minimum absolute atomic E-state index is 0.192. The van der Waals surface area contributed by atoms with Crippen molar-refractivity contribution < 1.29 is 18.3 Å². The summed E-state index contributed by atoms with van der Waals surface area (Å²) in [6.07, 6.45) is 1.16. The third-order valence-electron chi connectivity index (χ3n) is 5.53. The number of sulfonamides is 1. The summed E-state index contributed by atoms with van der Waals surface area (Å²) in [6.45, 7) is 3.21. The summed E-state index contributed by atoms with van der Waals surface area (Å²) in [5.41, 5.74) is 4.62. The molecule has 0 heterocycles. The van der Waals surface area contributed by atoms with Crippen molar-refractivity contribution in [3.63, 3.8) is 0 Å². The van der Waals surface area contributed by atoms with E-state index in [1.54, 1.807) is 30.3 Å². The van der Waals surface area contributed by atoms with E-state index in [0.717, 1.165) is 28.6 Å². The minimum Gasteiger partial charge on any atom is -0.508 e. The molecule has 0 saturated carbocycles. The first kappa shape index (κ1) is 24.2. The number of hydrogen-bond donors (Lipinski definition) is 2. The van der Waals surface area contributed by atoms with Crippen LogP contribution in [-0.2, 0) is 23.1 Å². The van der Waals surface area contributed by atoms with Gasteiger partial charge in [0.1, 0.15) is 17.2 Å². The molecule has 0 spiro atoms. The minimum atomic E-state index is -3.39. The number of phenolic OH excluding ortho intramolecular Hbond substituents is 1. The van der Waals surface area contributed by atoms with Crippen molar-refractivity contribution in [1.82, 2.24) is 0 Å². The SMILES string of the molecule is Cc1c(NS(C)(=O)=O)cccc1N(Cc1ccccc1)Cc1ccc(Oc2ccc(O)cc2)cc1. The Labute approximate surface area is 206 Å². The molecule has 4 rings (SSSR count). The van der Waals surface area contributed by atoms with Gasteiger partial charge in [-0.2, -0.15) is 0 Å². The number of ether oxygens (including phenoxy) is 1. The van der Waals surface area contributed by atoms with Crippen LogP contribution in [0, 0.1) is 6.92 Å². The van der Waals surface area contributed by atoms with Gasteiger partial charge in [-0.3, -0.25) is 4.72 Å². The highest BCUT2D eigenvalue weighted by Gasteiger charge is 2.15. The summed E-state index contributed by atoms with van der Waals surface area (Å²) < 4.78 is 32.2. The molecule has 0 bridgehead atoms. The van der Waals surface area contributed by atoms with E-state index in [4.69, 9.17) is 4.74 Å². The zero-order valence-corrected chi connectivity index (χ0v) is 20.5. The summed E-state index contributed by atoms with van der Waals surface area (Å²) in [7, 11) is -3.39.